The molecule has 0 saturated heterocycles. The summed E-state index contributed by atoms with van der Waals surface area (Å²) in [6.45, 7) is 14.4. The van der Waals surface area contributed by atoms with Crippen molar-refractivity contribution < 1.29 is 4.43 Å². The van der Waals surface area contributed by atoms with Gasteiger partial charge < -0.3 is 4.43 Å². The number of fused-ring (bicyclic) bond motifs is 1. The smallest absolute Gasteiger partial charge is 0.192 e. The molecule has 1 nitrogen and oxygen atoms in total. The molecule has 0 aromatic heterocycles. The molecule has 0 bridgehead atoms. The molecule has 2 fully saturated rings. The van der Waals surface area contributed by atoms with E-state index >= 15 is 0 Å². The Morgan fingerprint density at radius 2 is 1.84 bits per heavy atom. The topological polar surface area (TPSA) is 9.23 Å². The first kappa shape index (κ1) is 15.6. The van der Waals surface area contributed by atoms with Gasteiger partial charge in [-0.3, -0.25) is 0 Å². The molecule has 0 N–H and O–H groups in total. The van der Waals surface area contributed by atoms with Crippen molar-refractivity contribution in [1.82, 2.24) is 0 Å². The van der Waals surface area contributed by atoms with Gasteiger partial charge in [0.05, 0.1) is 0 Å². The van der Waals surface area contributed by atoms with Crippen molar-refractivity contribution in [1.29, 1.82) is 0 Å². The third kappa shape index (κ3) is 3.10. The van der Waals surface area contributed by atoms with Gasteiger partial charge in [-0.2, -0.15) is 0 Å². The number of hydrogen-bond acceptors (Lipinski definition) is 1. The van der Waals surface area contributed by atoms with Gasteiger partial charge in [-0.05, 0) is 61.6 Å². The van der Waals surface area contributed by atoms with Crippen molar-refractivity contribution in [3.05, 3.63) is 6.42 Å². The van der Waals surface area contributed by atoms with E-state index < -0.39 is 8.32 Å². The summed E-state index contributed by atoms with van der Waals surface area (Å²) < 4.78 is 6.80. The fourth-order valence-corrected chi connectivity index (χ4v) is 5.12. The van der Waals surface area contributed by atoms with Crippen LogP contribution in [0, 0.1) is 17.8 Å². The van der Waals surface area contributed by atoms with Crippen molar-refractivity contribution in [2.75, 3.05) is 0 Å². The molecule has 3 unspecified atom stereocenters. The highest BCUT2D eigenvalue weighted by molar-refractivity contribution is 6.74. The lowest BCUT2D eigenvalue weighted by molar-refractivity contribution is -0.0114. The van der Waals surface area contributed by atoms with Crippen LogP contribution in [0.15, 0.2) is 0 Å². The highest BCUT2D eigenvalue weighted by atomic mass is 28.4. The van der Waals surface area contributed by atoms with Crippen molar-refractivity contribution >= 4 is 8.32 Å². The van der Waals surface area contributed by atoms with Crippen LogP contribution in [0.4, 0.5) is 0 Å². The minimum Gasteiger partial charge on any atom is -0.414 e. The van der Waals surface area contributed by atoms with E-state index in [-0.39, 0.29) is 0 Å². The fourth-order valence-electron chi connectivity index (χ4n) is 3.73. The molecule has 0 amide bonds. The molecule has 3 atom stereocenters. The first-order chi connectivity index (χ1) is 8.66. The summed E-state index contributed by atoms with van der Waals surface area (Å²) in [5, 5.41) is 0.333. The van der Waals surface area contributed by atoms with E-state index in [4.69, 9.17) is 4.43 Å². The van der Waals surface area contributed by atoms with E-state index in [1.54, 1.807) is 0 Å². The summed E-state index contributed by atoms with van der Waals surface area (Å²) in [7, 11) is -1.62. The van der Waals surface area contributed by atoms with Crippen molar-refractivity contribution in [2.45, 2.75) is 90.5 Å². The highest BCUT2D eigenvalue weighted by Gasteiger charge is 2.47. The van der Waals surface area contributed by atoms with Gasteiger partial charge in [0.15, 0.2) is 8.32 Å². The van der Waals surface area contributed by atoms with E-state index in [1.165, 1.54) is 38.5 Å². The highest BCUT2D eigenvalue weighted by Crippen LogP contribution is 2.52. The first-order valence-electron chi connectivity index (χ1n) is 8.18. The van der Waals surface area contributed by atoms with Crippen LogP contribution in [-0.4, -0.2) is 14.4 Å². The molecular weight excluding hydrogens is 248 g/mol. The predicted octanol–water partition coefficient (Wildman–Crippen LogP) is 5.57. The maximum atomic E-state index is 6.80. The summed E-state index contributed by atoms with van der Waals surface area (Å²) >= 11 is 0. The molecule has 1 radical (unpaired) electrons. The van der Waals surface area contributed by atoms with Crippen LogP contribution in [0.25, 0.3) is 0 Å². The third-order valence-electron chi connectivity index (χ3n) is 6.08. The van der Waals surface area contributed by atoms with E-state index in [0.29, 0.717) is 16.6 Å². The molecule has 0 aromatic rings. The molecule has 0 aliphatic heterocycles. The van der Waals surface area contributed by atoms with E-state index in [0.717, 1.165) is 5.92 Å². The summed E-state index contributed by atoms with van der Waals surface area (Å²) in [4.78, 5) is 0. The second kappa shape index (κ2) is 5.18. The van der Waals surface area contributed by atoms with Gasteiger partial charge in [-0.15, -0.1) is 0 Å². The van der Waals surface area contributed by atoms with Crippen LogP contribution >= 0.6 is 0 Å². The van der Waals surface area contributed by atoms with E-state index in [2.05, 4.69) is 47.2 Å². The quantitative estimate of drug-likeness (QED) is 0.601. The van der Waals surface area contributed by atoms with Crippen LogP contribution in [0.1, 0.15) is 66.2 Å². The minimum absolute atomic E-state index is 0.333. The summed E-state index contributed by atoms with van der Waals surface area (Å²) in [6, 6.07) is 0. The average molecular weight is 282 g/mol. The normalized spacial score (nSPS) is 36.9. The standard InChI is InChI=1S/C17H33OSi/c1-16(2,3)19(5,6)18-15-11-9-13-17(4)12-8-7-10-14(15)17/h12,14-15H,7-11,13H2,1-6H3. The van der Waals surface area contributed by atoms with Crippen molar-refractivity contribution in [2.24, 2.45) is 11.3 Å². The zero-order valence-electron chi connectivity index (χ0n) is 13.9. The van der Waals surface area contributed by atoms with Crippen LogP contribution in [0.3, 0.4) is 0 Å². The monoisotopic (exact) mass is 281 g/mol. The Kier molecular flexibility index (Phi) is 4.24. The lowest BCUT2D eigenvalue weighted by atomic mass is 9.59. The largest absolute Gasteiger partial charge is 0.414 e. The molecule has 2 saturated carbocycles. The summed E-state index contributed by atoms with van der Waals surface area (Å²) in [5.41, 5.74) is 0.462. The Labute approximate surface area is 121 Å². The van der Waals surface area contributed by atoms with Crippen LogP contribution in [0.5, 0.6) is 0 Å². The van der Waals surface area contributed by atoms with Crippen molar-refractivity contribution in [3.8, 4) is 0 Å². The maximum absolute atomic E-state index is 6.80. The molecule has 2 rings (SSSR count). The Balaban J connectivity index is 2.11. The van der Waals surface area contributed by atoms with Crippen LogP contribution in [-0.2, 0) is 4.43 Å². The van der Waals surface area contributed by atoms with Gasteiger partial charge in [-0.1, -0.05) is 40.5 Å². The Bertz CT molecular complexity index is 314. The summed E-state index contributed by atoms with van der Waals surface area (Å²) in [5.74, 6) is 0.782. The summed E-state index contributed by atoms with van der Waals surface area (Å²) in [6.07, 6.45) is 11.2. The molecule has 0 heterocycles. The zero-order chi connectivity index (χ0) is 14.3. The van der Waals surface area contributed by atoms with Crippen LogP contribution in [0.2, 0.25) is 18.1 Å². The number of rotatable bonds is 2. The molecule has 2 aliphatic rings. The Hall–Kier alpha value is 0.177. The maximum Gasteiger partial charge on any atom is 0.192 e. The van der Waals surface area contributed by atoms with Gasteiger partial charge in [0.2, 0.25) is 0 Å². The SMILES string of the molecule is CC12[CH]CCCC1C(O[Si](C)(C)C(C)(C)C)CCC2. The average Bonchev–Trinajstić information content (AvgIpc) is 2.26. The lowest BCUT2D eigenvalue weighted by Crippen LogP contribution is -2.51. The molecule has 2 heteroatoms. The van der Waals surface area contributed by atoms with Gasteiger partial charge in [-0.25, -0.2) is 0 Å². The minimum atomic E-state index is -1.62. The first-order valence-corrected chi connectivity index (χ1v) is 11.1. The molecule has 111 valence electrons. The zero-order valence-corrected chi connectivity index (χ0v) is 14.9. The molecule has 0 aromatic carbocycles. The van der Waals surface area contributed by atoms with Crippen LogP contribution < -0.4 is 0 Å². The second-order valence-corrected chi connectivity index (χ2v) is 13.3. The molecule has 2 aliphatic carbocycles. The van der Waals surface area contributed by atoms with Crippen molar-refractivity contribution in [3.63, 3.8) is 0 Å². The van der Waals surface area contributed by atoms with Gasteiger partial charge in [0, 0.05) is 6.10 Å². The van der Waals surface area contributed by atoms with E-state index in [9.17, 15) is 0 Å². The molecular formula is C17H33OSi. The second-order valence-electron chi connectivity index (χ2n) is 8.56. The Morgan fingerprint density at radius 3 is 2.47 bits per heavy atom. The van der Waals surface area contributed by atoms with Gasteiger partial charge in [0.1, 0.15) is 0 Å². The van der Waals surface area contributed by atoms with E-state index in [1.807, 2.05) is 0 Å². The molecule has 0 spiro atoms. The lowest BCUT2D eigenvalue weighted by Gasteiger charge is -2.52. The third-order valence-corrected chi connectivity index (χ3v) is 10.6. The predicted molar refractivity (Wildman–Crippen MR) is 85.7 cm³/mol. The van der Waals surface area contributed by atoms with Gasteiger partial charge >= 0.3 is 0 Å². The van der Waals surface area contributed by atoms with Gasteiger partial charge in [0.25, 0.3) is 0 Å². The fraction of sp³-hybridized carbons (Fsp3) is 0.941. The number of hydrogen-bond donors (Lipinski definition) is 0. The molecule has 19 heavy (non-hydrogen) atoms. The Morgan fingerprint density at radius 1 is 1.16 bits per heavy atom.